The lowest BCUT2D eigenvalue weighted by atomic mass is 10.1. The minimum absolute atomic E-state index is 0.140. The standard InChI is InChI=1S/C14H18FNO4S/c1-3-10-6-7-16(9-10)21(18,19)13-8-11(15)4-5-12(13)14(17)20-2/h4-5,8,10H,3,6-7,9H2,1-2H3. The number of carbonyl (C=O) groups excluding carboxylic acids is 1. The van der Waals surface area contributed by atoms with E-state index in [1.807, 2.05) is 6.92 Å². The van der Waals surface area contributed by atoms with Gasteiger partial charge in [-0.3, -0.25) is 0 Å². The van der Waals surface area contributed by atoms with E-state index in [2.05, 4.69) is 4.74 Å². The van der Waals surface area contributed by atoms with E-state index in [9.17, 15) is 17.6 Å². The van der Waals surface area contributed by atoms with Crippen LogP contribution in [0.15, 0.2) is 23.1 Å². The predicted molar refractivity (Wildman–Crippen MR) is 74.9 cm³/mol. The molecule has 0 spiro atoms. The van der Waals surface area contributed by atoms with Gasteiger partial charge in [0.15, 0.2) is 0 Å². The van der Waals surface area contributed by atoms with Crippen molar-refractivity contribution in [3.63, 3.8) is 0 Å². The molecule has 2 rings (SSSR count). The molecule has 1 saturated heterocycles. The van der Waals surface area contributed by atoms with Crippen LogP contribution in [0.25, 0.3) is 0 Å². The van der Waals surface area contributed by atoms with Gasteiger partial charge in [0.25, 0.3) is 0 Å². The molecule has 1 fully saturated rings. The highest BCUT2D eigenvalue weighted by molar-refractivity contribution is 7.89. The van der Waals surface area contributed by atoms with Gasteiger partial charge in [-0.25, -0.2) is 17.6 Å². The van der Waals surface area contributed by atoms with Gasteiger partial charge in [-0.05, 0) is 30.5 Å². The normalized spacial score (nSPS) is 19.7. The Morgan fingerprint density at radius 3 is 2.76 bits per heavy atom. The lowest BCUT2D eigenvalue weighted by molar-refractivity contribution is 0.0596. The first kappa shape index (κ1) is 15.9. The van der Waals surface area contributed by atoms with Gasteiger partial charge in [0, 0.05) is 13.1 Å². The molecular formula is C14H18FNO4S. The van der Waals surface area contributed by atoms with Crippen molar-refractivity contribution < 1.29 is 22.3 Å². The fourth-order valence-corrected chi connectivity index (χ4v) is 4.20. The van der Waals surface area contributed by atoms with Crippen molar-refractivity contribution in [1.82, 2.24) is 4.31 Å². The third-order valence-corrected chi connectivity index (χ3v) is 5.70. The van der Waals surface area contributed by atoms with Gasteiger partial charge in [0.1, 0.15) is 5.82 Å². The number of sulfonamides is 1. The van der Waals surface area contributed by atoms with Gasteiger partial charge in [-0.1, -0.05) is 13.3 Å². The first-order valence-electron chi connectivity index (χ1n) is 6.78. The average molecular weight is 315 g/mol. The van der Waals surface area contributed by atoms with Crippen molar-refractivity contribution >= 4 is 16.0 Å². The fraction of sp³-hybridized carbons (Fsp3) is 0.500. The summed E-state index contributed by atoms with van der Waals surface area (Å²) in [6.45, 7) is 2.79. The van der Waals surface area contributed by atoms with E-state index in [-0.39, 0.29) is 10.5 Å². The molecule has 0 amide bonds. The molecule has 1 aliphatic heterocycles. The molecule has 7 heteroatoms. The Hall–Kier alpha value is -1.47. The maximum atomic E-state index is 13.4. The number of esters is 1. The van der Waals surface area contributed by atoms with E-state index >= 15 is 0 Å². The maximum absolute atomic E-state index is 13.4. The summed E-state index contributed by atoms with van der Waals surface area (Å²) < 4.78 is 44.6. The highest BCUT2D eigenvalue weighted by Crippen LogP contribution is 2.28. The lowest BCUT2D eigenvalue weighted by Gasteiger charge is -2.18. The number of benzene rings is 1. The van der Waals surface area contributed by atoms with Crippen LogP contribution in [0.1, 0.15) is 30.1 Å². The molecule has 0 bridgehead atoms. The summed E-state index contributed by atoms with van der Waals surface area (Å²) in [6.07, 6.45) is 1.66. The number of halogens is 1. The van der Waals surface area contributed by atoms with E-state index in [0.29, 0.717) is 19.0 Å². The second-order valence-electron chi connectivity index (χ2n) is 5.06. The van der Waals surface area contributed by atoms with Crippen molar-refractivity contribution in [1.29, 1.82) is 0 Å². The number of methoxy groups -OCH3 is 1. The van der Waals surface area contributed by atoms with E-state index < -0.39 is 21.8 Å². The largest absolute Gasteiger partial charge is 0.465 e. The first-order valence-corrected chi connectivity index (χ1v) is 8.22. The SMILES string of the molecule is CCC1CCN(S(=O)(=O)c2cc(F)ccc2C(=O)OC)C1. The monoisotopic (exact) mass is 315 g/mol. The summed E-state index contributed by atoms with van der Waals surface area (Å²) in [5.74, 6) is -1.19. The number of hydrogen-bond acceptors (Lipinski definition) is 4. The first-order chi connectivity index (χ1) is 9.90. The number of ether oxygens (including phenoxy) is 1. The maximum Gasteiger partial charge on any atom is 0.339 e. The van der Waals surface area contributed by atoms with Gasteiger partial charge >= 0.3 is 5.97 Å². The second-order valence-corrected chi connectivity index (χ2v) is 6.96. The minimum atomic E-state index is -3.90. The third kappa shape index (κ3) is 3.08. The fourth-order valence-electron chi connectivity index (χ4n) is 2.48. The van der Waals surface area contributed by atoms with Crippen molar-refractivity contribution in [2.24, 2.45) is 5.92 Å². The van der Waals surface area contributed by atoms with E-state index in [0.717, 1.165) is 38.2 Å². The number of rotatable bonds is 4. The molecule has 1 aromatic carbocycles. The molecule has 1 heterocycles. The summed E-state index contributed by atoms with van der Waals surface area (Å²) in [7, 11) is -2.74. The quantitative estimate of drug-likeness (QED) is 0.798. The molecule has 5 nitrogen and oxygen atoms in total. The van der Waals surface area contributed by atoms with Gasteiger partial charge < -0.3 is 4.74 Å². The predicted octanol–water partition coefficient (Wildman–Crippen LogP) is 2.03. The van der Waals surface area contributed by atoms with Gasteiger partial charge in [0.2, 0.25) is 10.0 Å². The second kappa shape index (κ2) is 6.11. The summed E-state index contributed by atoms with van der Waals surface area (Å²) in [5, 5.41) is 0. The van der Waals surface area contributed by atoms with Crippen LogP contribution in [-0.4, -0.2) is 38.9 Å². The molecule has 1 unspecified atom stereocenters. The van der Waals surface area contributed by atoms with Crippen LogP contribution in [0.4, 0.5) is 4.39 Å². The molecule has 0 aliphatic carbocycles. The molecule has 116 valence electrons. The molecule has 0 aromatic heterocycles. The van der Waals surface area contributed by atoms with Crippen LogP contribution >= 0.6 is 0 Å². The Morgan fingerprint density at radius 1 is 1.48 bits per heavy atom. The molecule has 1 aliphatic rings. The van der Waals surface area contributed by atoms with E-state index in [1.165, 1.54) is 4.31 Å². The molecular weight excluding hydrogens is 297 g/mol. The van der Waals surface area contributed by atoms with Crippen LogP contribution in [0, 0.1) is 11.7 Å². The molecule has 1 aromatic rings. The van der Waals surface area contributed by atoms with Crippen molar-refractivity contribution in [2.45, 2.75) is 24.7 Å². The zero-order valence-corrected chi connectivity index (χ0v) is 12.8. The van der Waals surface area contributed by atoms with Crippen LogP contribution in [-0.2, 0) is 14.8 Å². The molecule has 21 heavy (non-hydrogen) atoms. The molecule has 1 atom stereocenters. The minimum Gasteiger partial charge on any atom is -0.465 e. The van der Waals surface area contributed by atoms with Crippen LogP contribution in [0.2, 0.25) is 0 Å². The summed E-state index contributed by atoms with van der Waals surface area (Å²) in [4.78, 5) is 11.4. The van der Waals surface area contributed by atoms with Gasteiger partial charge in [-0.2, -0.15) is 4.31 Å². The number of nitrogens with zero attached hydrogens (tertiary/aromatic N) is 1. The zero-order valence-electron chi connectivity index (χ0n) is 12.0. The average Bonchev–Trinajstić information content (AvgIpc) is 2.96. The molecule has 0 N–H and O–H groups in total. The Labute approximate surface area is 123 Å². The van der Waals surface area contributed by atoms with Crippen LogP contribution in [0.3, 0.4) is 0 Å². The van der Waals surface area contributed by atoms with E-state index in [1.54, 1.807) is 0 Å². The zero-order chi connectivity index (χ0) is 15.6. The van der Waals surface area contributed by atoms with Crippen molar-refractivity contribution in [3.8, 4) is 0 Å². The Kier molecular flexibility index (Phi) is 4.63. The van der Waals surface area contributed by atoms with E-state index in [4.69, 9.17) is 0 Å². The van der Waals surface area contributed by atoms with Gasteiger partial charge in [-0.15, -0.1) is 0 Å². The highest BCUT2D eigenvalue weighted by atomic mass is 32.2. The molecule has 0 saturated carbocycles. The van der Waals surface area contributed by atoms with Crippen molar-refractivity contribution in [2.75, 3.05) is 20.2 Å². The smallest absolute Gasteiger partial charge is 0.339 e. The third-order valence-electron chi connectivity index (χ3n) is 3.79. The highest BCUT2D eigenvalue weighted by Gasteiger charge is 2.34. The van der Waals surface area contributed by atoms with Crippen LogP contribution in [0.5, 0.6) is 0 Å². The Bertz CT molecular complexity index is 644. The Morgan fingerprint density at radius 2 is 2.19 bits per heavy atom. The van der Waals surface area contributed by atoms with Crippen LogP contribution < -0.4 is 0 Å². The number of carbonyl (C=O) groups is 1. The Balaban J connectivity index is 2.44. The molecule has 0 radical (unpaired) electrons. The summed E-state index contributed by atoms with van der Waals surface area (Å²) >= 11 is 0. The lowest BCUT2D eigenvalue weighted by Crippen LogP contribution is -2.30. The summed E-state index contributed by atoms with van der Waals surface area (Å²) in [5.41, 5.74) is -0.140. The summed E-state index contributed by atoms with van der Waals surface area (Å²) in [6, 6.07) is 3.06. The number of hydrogen-bond donors (Lipinski definition) is 0. The van der Waals surface area contributed by atoms with Gasteiger partial charge in [0.05, 0.1) is 17.6 Å². The van der Waals surface area contributed by atoms with Crippen molar-refractivity contribution in [3.05, 3.63) is 29.6 Å². The topological polar surface area (TPSA) is 63.7 Å².